The zero-order chi connectivity index (χ0) is 15.5. The first-order valence-electron chi connectivity index (χ1n) is 6.12. The van der Waals surface area contributed by atoms with Gasteiger partial charge in [0, 0.05) is 31.4 Å². The molecule has 1 saturated carbocycles. The highest BCUT2D eigenvalue weighted by atomic mass is 16.4. The number of carboxylic acids is 2. The molecule has 1 rings (SSSR count). The van der Waals surface area contributed by atoms with Gasteiger partial charge in [-0.25, -0.2) is 0 Å². The van der Waals surface area contributed by atoms with Crippen LogP contribution in [0.1, 0.15) is 33.1 Å². The third-order valence-corrected chi connectivity index (χ3v) is 3.05. The van der Waals surface area contributed by atoms with E-state index < -0.39 is 35.7 Å². The molecule has 0 aromatic heterocycles. The average molecular weight is 281 g/mol. The molecule has 0 N–H and O–H groups in total. The molecule has 0 aromatic rings. The van der Waals surface area contributed by atoms with Gasteiger partial charge in [0.1, 0.15) is 17.5 Å². The van der Waals surface area contributed by atoms with Crippen molar-refractivity contribution in [2.45, 2.75) is 39.2 Å². The van der Waals surface area contributed by atoms with Crippen molar-refractivity contribution in [3.8, 4) is 0 Å². The molecule has 0 saturated heterocycles. The van der Waals surface area contributed by atoms with Crippen molar-refractivity contribution >= 4 is 29.7 Å². The van der Waals surface area contributed by atoms with Crippen molar-refractivity contribution in [1.82, 2.24) is 0 Å². The van der Waals surface area contributed by atoms with Crippen LogP contribution >= 0.6 is 0 Å². The predicted octanol–water partition coefficient (Wildman–Crippen LogP) is -2.11. The summed E-state index contributed by atoms with van der Waals surface area (Å²) in [6, 6.07) is -1.66. The van der Waals surface area contributed by atoms with E-state index in [0.29, 0.717) is 0 Å². The van der Waals surface area contributed by atoms with E-state index in [0.717, 1.165) is 6.21 Å². The van der Waals surface area contributed by atoms with Crippen molar-refractivity contribution in [2.24, 2.45) is 16.3 Å². The van der Waals surface area contributed by atoms with Gasteiger partial charge in [-0.15, -0.1) is 0 Å². The summed E-state index contributed by atoms with van der Waals surface area (Å²) < 4.78 is 0. The van der Waals surface area contributed by atoms with Gasteiger partial charge >= 0.3 is 0 Å². The Morgan fingerprint density at radius 1 is 1.30 bits per heavy atom. The van der Waals surface area contributed by atoms with E-state index in [1.165, 1.54) is 0 Å². The third kappa shape index (κ3) is 4.25. The summed E-state index contributed by atoms with van der Waals surface area (Å²) in [5, 5.41) is 21.1. The highest BCUT2D eigenvalue weighted by Gasteiger charge is 2.38. The van der Waals surface area contributed by atoms with Gasteiger partial charge in [0.2, 0.25) is 0 Å². The topological polar surface area (TPSA) is 127 Å². The lowest BCUT2D eigenvalue weighted by atomic mass is 9.72. The van der Waals surface area contributed by atoms with Crippen LogP contribution in [0.4, 0.5) is 0 Å². The van der Waals surface area contributed by atoms with Crippen LogP contribution in [0, 0.1) is 11.3 Å². The molecule has 0 aliphatic heterocycles. The van der Waals surface area contributed by atoms with E-state index in [9.17, 15) is 29.4 Å². The Morgan fingerprint density at radius 2 is 1.80 bits per heavy atom. The molecule has 0 amide bonds. The van der Waals surface area contributed by atoms with Crippen LogP contribution in [0.25, 0.3) is 0 Å². The Balaban J connectivity index is 2.82. The van der Waals surface area contributed by atoms with Crippen LogP contribution < -0.4 is 10.2 Å². The number of nitrogens with zero attached hydrogens (tertiary/aromatic N) is 1. The van der Waals surface area contributed by atoms with Gasteiger partial charge in [0.05, 0.1) is 12.0 Å². The zero-order valence-corrected chi connectivity index (χ0v) is 11.3. The second-order valence-electron chi connectivity index (χ2n) is 5.64. The number of ketones is 2. The summed E-state index contributed by atoms with van der Waals surface area (Å²) in [5.41, 5.74) is -0.419. The highest BCUT2D eigenvalue weighted by molar-refractivity contribution is 6.16. The standard InChI is InChI=1S/C13H17NO6/c1-13(2)4-9(15)7(10(16)5-13)6-14-8(12(19)20)3-11(17)18/h6-8H,3-5H2,1-2H3,(H,17,18)(H,19,20)/p-2/t8-/m0/s1. The number of aliphatic imine (C=N–C) groups is 1. The predicted molar refractivity (Wildman–Crippen MR) is 63.4 cm³/mol. The number of Topliss-reactive ketones (excluding diaryl/α,β-unsaturated/α-hetero) is 2. The lowest BCUT2D eigenvalue weighted by molar-refractivity contribution is -0.316. The van der Waals surface area contributed by atoms with E-state index in [1.807, 2.05) is 0 Å². The minimum atomic E-state index is -1.69. The second kappa shape index (κ2) is 5.94. The molecule has 1 aliphatic carbocycles. The van der Waals surface area contributed by atoms with Crippen LogP contribution in [-0.4, -0.2) is 35.8 Å². The first-order valence-corrected chi connectivity index (χ1v) is 6.12. The maximum Gasteiger partial charge on any atom is 0.149 e. The summed E-state index contributed by atoms with van der Waals surface area (Å²) in [7, 11) is 0. The van der Waals surface area contributed by atoms with Crippen LogP contribution in [0.3, 0.4) is 0 Å². The van der Waals surface area contributed by atoms with Crippen molar-refractivity contribution < 1.29 is 29.4 Å². The number of hydrogen-bond acceptors (Lipinski definition) is 7. The van der Waals surface area contributed by atoms with Gasteiger partial charge in [0.25, 0.3) is 0 Å². The van der Waals surface area contributed by atoms with Gasteiger partial charge in [-0.2, -0.15) is 0 Å². The minimum Gasteiger partial charge on any atom is -0.550 e. The highest BCUT2D eigenvalue weighted by Crippen LogP contribution is 2.33. The molecular formula is C13H15NO6-2. The SMILES string of the molecule is CC1(C)CC(=O)C(C=N[C@@H](CC(=O)[O-])C(=O)[O-])C(=O)C1. The summed E-state index contributed by atoms with van der Waals surface area (Å²) in [5.74, 6) is -5.09. The molecule has 110 valence electrons. The second-order valence-corrected chi connectivity index (χ2v) is 5.64. The largest absolute Gasteiger partial charge is 0.550 e. The number of carbonyl (C=O) groups excluding carboxylic acids is 4. The zero-order valence-electron chi connectivity index (χ0n) is 11.3. The number of hydrogen-bond donors (Lipinski definition) is 0. The molecule has 1 fully saturated rings. The first-order chi connectivity index (χ1) is 9.12. The molecule has 20 heavy (non-hydrogen) atoms. The molecule has 7 nitrogen and oxygen atoms in total. The number of rotatable bonds is 5. The Kier molecular flexibility index (Phi) is 4.75. The minimum absolute atomic E-state index is 0.186. The normalized spacial score (nSPS) is 21.1. The summed E-state index contributed by atoms with van der Waals surface area (Å²) in [6.07, 6.45) is 0.431. The molecule has 0 aromatic carbocycles. The van der Waals surface area contributed by atoms with Gasteiger partial charge in [-0.05, 0) is 5.41 Å². The van der Waals surface area contributed by atoms with E-state index in [-0.39, 0.29) is 24.4 Å². The molecule has 0 spiro atoms. The smallest absolute Gasteiger partial charge is 0.149 e. The summed E-state index contributed by atoms with van der Waals surface area (Å²) >= 11 is 0. The molecule has 0 heterocycles. The van der Waals surface area contributed by atoms with E-state index in [2.05, 4.69) is 4.99 Å². The van der Waals surface area contributed by atoms with Crippen molar-refractivity contribution in [1.29, 1.82) is 0 Å². The number of aliphatic carboxylic acids is 2. The van der Waals surface area contributed by atoms with Crippen LogP contribution in [0.5, 0.6) is 0 Å². The fraction of sp³-hybridized carbons (Fsp3) is 0.615. The Morgan fingerprint density at radius 3 is 2.20 bits per heavy atom. The molecule has 1 aliphatic rings. The van der Waals surface area contributed by atoms with Crippen LogP contribution in [0.15, 0.2) is 4.99 Å². The number of carbonyl (C=O) groups is 4. The average Bonchev–Trinajstić information content (AvgIpc) is 2.23. The summed E-state index contributed by atoms with van der Waals surface area (Å²) in [4.78, 5) is 48.2. The van der Waals surface area contributed by atoms with Gasteiger partial charge in [0.15, 0.2) is 0 Å². The Hall–Kier alpha value is -2.05. The third-order valence-electron chi connectivity index (χ3n) is 3.05. The van der Waals surface area contributed by atoms with Crippen molar-refractivity contribution in [2.75, 3.05) is 0 Å². The molecule has 7 heteroatoms. The lowest BCUT2D eigenvalue weighted by Crippen LogP contribution is -2.41. The molecule has 0 unspecified atom stereocenters. The Labute approximate surface area is 115 Å². The molecule has 0 bridgehead atoms. The maximum atomic E-state index is 11.8. The Bertz CT molecular complexity index is 459. The van der Waals surface area contributed by atoms with Crippen LogP contribution in [-0.2, 0) is 19.2 Å². The fourth-order valence-corrected chi connectivity index (χ4v) is 2.12. The van der Waals surface area contributed by atoms with E-state index >= 15 is 0 Å². The number of carboxylic acid groups (broad SMARTS) is 2. The maximum absolute atomic E-state index is 11.8. The monoisotopic (exact) mass is 281 g/mol. The molecular weight excluding hydrogens is 266 g/mol. The van der Waals surface area contributed by atoms with Gasteiger partial charge < -0.3 is 19.8 Å². The fourth-order valence-electron chi connectivity index (χ4n) is 2.12. The van der Waals surface area contributed by atoms with Gasteiger partial charge in [-0.3, -0.25) is 14.6 Å². The first kappa shape index (κ1) is 16.0. The quantitative estimate of drug-likeness (QED) is 0.419. The van der Waals surface area contributed by atoms with E-state index in [1.54, 1.807) is 13.8 Å². The van der Waals surface area contributed by atoms with Crippen LogP contribution in [0.2, 0.25) is 0 Å². The summed E-state index contributed by atoms with van der Waals surface area (Å²) in [6.45, 7) is 3.58. The van der Waals surface area contributed by atoms with Crippen molar-refractivity contribution in [3.63, 3.8) is 0 Å². The van der Waals surface area contributed by atoms with Gasteiger partial charge in [-0.1, -0.05) is 13.8 Å². The molecule has 0 radical (unpaired) electrons. The molecule has 1 atom stereocenters. The lowest BCUT2D eigenvalue weighted by Gasteiger charge is -2.30. The van der Waals surface area contributed by atoms with E-state index in [4.69, 9.17) is 0 Å². The van der Waals surface area contributed by atoms with Crippen molar-refractivity contribution in [3.05, 3.63) is 0 Å².